The van der Waals surface area contributed by atoms with Crippen LogP contribution in [0.3, 0.4) is 0 Å². The van der Waals surface area contributed by atoms with Gasteiger partial charge in [-0.2, -0.15) is 0 Å². The van der Waals surface area contributed by atoms with E-state index in [-0.39, 0.29) is 121 Å². The number of carbonyl (C=O) groups excluding carboxylic acids is 5. The molecule has 0 aromatic heterocycles. The van der Waals surface area contributed by atoms with Crippen molar-refractivity contribution in [1.29, 1.82) is 0 Å². The third kappa shape index (κ3) is 40.1. The Hall–Kier alpha value is -3.87. The van der Waals surface area contributed by atoms with Gasteiger partial charge in [0, 0.05) is 52.4 Å². The number of carboxylic acids is 2. The van der Waals surface area contributed by atoms with Crippen LogP contribution in [0.5, 0.6) is 0 Å². The van der Waals surface area contributed by atoms with Crippen molar-refractivity contribution in [3.05, 3.63) is 0 Å². The molecule has 0 fully saturated rings. The zero-order valence-corrected chi connectivity index (χ0v) is 34.2. The van der Waals surface area contributed by atoms with Crippen molar-refractivity contribution in [1.82, 2.24) is 26.6 Å². The van der Waals surface area contributed by atoms with Gasteiger partial charge in [-0.25, -0.2) is 4.79 Å². The molecular weight excluding hydrogens is 746 g/mol. The smallest absolute Gasteiger partial charge is 0.326 e. The van der Waals surface area contributed by atoms with Crippen LogP contribution in [0.2, 0.25) is 0 Å². The highest BCUT2D eigenvalue weighted by atomic mass is 16.5. The molecule has 0 heterocycles. The number of nitrogens with one attached hydrogen (secondary N) is 5. The minimum Gasteiger partial charge on any atom is -0.481 e. The Morgan fingerprint density at radius 1 is 0.439 bits per heavy atom. The summed E-state index contributed by atoms with van der Waals surface area (Å²) in [6.07, 6.45) is 14.2. The van der Waals surface area contributed by atoms with Crippen molar-refractivity contribution in [2.75, 3.05) is 79.0 Å². The molecule has 0 bridgehead atoms. The highest BCUT2D eigenvalue weighted by molar-refractivity contribution is 5.84. The maximum Gasteiger partial charge on any atom is 0.326 e. The molecule has 0 spiro atoms. The number of hydrogen-bond donors (Lipinski definition) is 7. The van der Waals surface area contributed by atoms with Crippen molar-refractivity contribution in [2.45, 2.75) is 129 Å². The van der Waals surface area contributed by atoms with E-state index in [2.05, 4.69) is 26.6 Å². The molecule has 18 heteroatoms. The van der Waals surface area contributed by atoms with E-state index in [9.17, 15) is 38.7 Å². The molecule has 7 N–H and O–H groups in total. The number of amides is 5. The molecule has 330 valence electrons. The summed E-state index contributed by atoms with van der Waals surface area (Å²) in [7, 11) is 0. The molecule has 0 aliphatic carbocycles. The molecule has 57 heavy (non-hydrogen) atoms. The average molecular weight is 818 g/mol. The summed E-state index contributed by atoms with van der Waals surface area (Å²) in [6.45, 7) is 4.12. The van der Waals surface area contributed by atoms with Gasteiger partial charge in [-0.1, -0.05) is 64.2 Å². The van der Waals surface area contributed by atoms with Gasteiger partial charge in [-0.15, -0.1) is 0 Å². The average Bonchev–Trinajstić information content (AvgIpc) is 3.16. The van der Waals surface area contributed by atoms with E-state index in [0.29, 0.717) is 19.5 Å². The molecule has 0 saturated carbocycles. The van der Waals surface area contributed by atoms with Gasteiger partial charge in [0.05, 0.1) is 39.6 Å². The van der Waals surface area contributed by atoms with E-state index in [1.165, 1.54) is 26.2 Å². The monoisotopic (exact) mass is 818 g/mol. The van der Waals surface area contributed by atoms with E-state index in [1.54, 1.807) is 0 Å². The molecule has 0 unspecified atom stereocenters. The van der Waals surface area contributed by atoms with Gasteiger partial charge in [0.25, 0.3) is 0 Å². The van der Waals surface area contributed by atoms with E-state index in [0.717, 1.165) is 64.2 Å². The third-order valence-electron chi connectivity index (χ3n) is 8.49. The Morgan fingerprint density at radius 3 is 1.33 bits per heavy atom. The molecule has 1 atom stereocenters. The fourth-order valence-electron chi connectivity index (χ4n) is 5.36. The van der Waals surface area contributed by atoms with Crippen molar-refractivity contribution in [3.8, 4) is 0 Å². The highest BCUT2D eigenvalue weighted by Crippen LogP contribution is 2.13. The standard InChI is InChI=1S/C39H71N5O13/c1-32(45)40-20-14-15-21-41-36(48)30-56-28-27-55-25-23-43-37(49)31-57-29-26-54-24-22-42-34(46)19-18-33(39(52)53)44-35(47)16-12-10-8-6-4-2-3-5-7-9-11-13-17-38(50)51/h33H,2-31H2,1H3,(H,40,45)(H,41,48)(H,42,46)(H,43,49)(H,44,47)(H,50,51)(H,52,53)/t33-/m0/s1. The number of aliphatic carboxylic acids is 2. The first-order valence-electron chi connectivity index (χ1n) is 20.6. The SMILES string of the molecule is CC(=O)NCCCCNC(=O)COCCOCCNC(=O)COCCOCCNC(=O)CC[C@H](NC(=O)CCCCCCCCCCCCCCC(=O)O)C(=O)O. The number of carboxylic acid groups (broad SMARTS) is 2. The van der Waals surface area contributed by atoms with Crippen LogP contribution in [-0.4, -0.2) is 137 Å². The minimum atomic E-state index is -1.19. The predicted octanol–water partition coefficient (Wildman–Crippen LogP) is 2.21. The predicted molar refractivity (Wildman–Crippen MR) is 211 cm³/mol. The Labute approximate surface area is 338 Å². The van der Waals surface area contributed by atoms with Crippen LogP contribution in [0, 0.1) is 0 Å². The zero-order chi connectivity index (χ0) is 42.2. The van der Waals surface area contributed by atoms with Gasteiger partial charge in [0.1, 0.15) is 19.3 Å². The van der Waals surface area contributed by atoms with E-state index >= 15 is 0 Å². The lowest BCUT2D eigenvalue weighted by molar-refractivity contribution is -0.142. The first-order chi connectivity index (χ1) is 27.5. The topological polar surface area (TPSA) is 257 Å². The number of rotatable bonds is 41. The molecule has 18 nitrogen and oxygen atoms in total. The number of hydrogen-bond acceptors (Lipinski definition) is 11. The summed E-state index contributed by atoms with van der Waals surface area (Å²) < 4.78 is 21.2. The summed E-state index contributed by atoms with van der Waals surface area (Å²) in [5.74, 6) is -3.23. The van der Waals surface area contributed by atoms with Gasteiger partial charge in [0.15, 0.2) is 0 Å². The molecule has 0 saturated heterocycles. The first-order valence-corrected chi connectivity index (χ1v) is 20.6. The van der Waals surface area contributed by atoms with Crippen molar-refractivity contribution < 1.29 is 62.7 Å². The summed E-state index contributed by atoms with van der Waals surface area (Å²) in [6, 6.07) is -1.14. The molecule has 0 radical (unpaired) electrons. The quantitative estimate of drug-likeness (QED) is 0.0438. The van der Waals surface area contributed by atoms with Crippen LogP contribution in [0.1, 0.15) is 122 Å². The van der Waals surface area contributed by atoms with Crippen LogP contribution < -0.4 is 26.6 Å². The highest BCUT2D eigenvalue weighted by Gasteiger charge is 2.20. The van der Waals surface area contributed by atoms with Crippen LogP contribution in [-0.2, 0) is 52.5 Å². The summed E-state index contributed by atoms with van der Waals surface area (Å²) >= 11 is 0. The second kappa shape index (κ2) is 39.0. The lowest BCUT2D eigenvalue weighted by Crippen LogP contribution is -2.41. The van der Waals surface area contributed by atoms with Crippen LogP contribution >= 0.6 is 0 Å². The minimum absolute atomic E-state index is 0.0299. The largest absolute Gasteiger partial charge is 0.481 e. The summed E-state index contributed by atoms with van der Waals surface area (Å²) in [4.78, 5) is 80.9. The molecule has 0 aromatic rings. The van der Waals surface area contributed by atoms with Crippen LogP contribution in [0.4, 0.5) is 0 Å². The van der Waals surface area contributed by atoms with Gasteiger partial charge in [-0.3, -0.25) is 28.8 Å². The van der Waals surface area contributed by atoms with Gasteiger partial charge in [-0.05, 0) is 32.1 Å². The maximum absolute atomic E-state index is 12.3. The second-order valence-electron chi connectivity index (χ2n) is 13.7. The number of ether oxygens (including phenoxy) is 4. The Morgan fingerprint density at radius 2 is 0.860 bits per heavy atom. The molecule has 5 amide bonds. The molecule has 0 aliphatic heterocycles. The van der Waals surface area contributed by atoms with Crippen molar-refractivity contribution in [2.24, 2.45) is 0 Å². The van der Waals surface area contributed by atoms with E-state index < -0.39 is 18.0 Å². The van der Waals surface area contributed by atoms with Gasteiger partial charge in [0.2, 0.25) is 29.5 Å². The van der Waals surface area contributed by atoms with Crippen LogP contribution in [0.25, 0.3) is 0 Å². The van der Waals surface area contributed by atoms with E-state index in [4.69, 9.17) is 24.1 Å². The molecule has 0 aromatic carbocycles. The molecule has 0 aliphatic rings. The van der Waals surface area contributed by atoms with Crippen molar-refractivity contribution in [3.63, 3.8) is 0 Å². The Bertz CT molecular complexity index is 1110. The Kier molecular flexibility index (Phi) is 36.3. The van der Waals surface area contributed by atoms with Crippen molar-refractivity contribution >= 4 is 41.5 Å². The zero-order valence-electron chi connectivity index (χ0n) is 34.2. The summed E-state index contributed by atoms with van der Waals surface area (Å²) in [5.41, 5.74) is 0. The first kappa shape index (κ1) is 53.1. The van der Waals surface area contributed by atoms with Gasteiger partial charge < -0.3 is 55.7 Å². The maximum atomic E-state index is 12.3. The third-order valence-corrected chi connectivity index (χ3v) is 8.49. The molecule has 0 rings (SSSR count). The molecular formula is C39H71N5O13. The lowest BCUT2D eigenvalue weighted by Gasteiger charge is -2.14. The number of carbonyl (C=O) groups is 7. The van der Waals surface area contributed by atoms with Gasteiger partial charge >= 0.3 is 11.9 Å². The number of unbranched alkanes of at least 4 members (excludes halogenated alkanes) is 12. The normalized spacial score (nSPS) is 11.4. The second-order valence-corrected chi connectivity index (χ2v) is 13.7. The lowest BCUT2D eigenvalue weighted by atomic mass is 10.0. The van der Waals surface area contributed by atoms with E-state index in [1.807, 2.05) is 0 Å². The summed E-state index contributed by atoms with van der Waals surface area (Å²) in [5, 5.41) is 31.4. The fourth-order valence-corrected chi connectivity index (χ4v) is 5.36. The fraction of sp³-hybridized carbons (Fsp3) is 0.821. The Balaban J connectivity index is 3.65. The van der Waals surface area contributed by atoms with Crippen LogP contribution in [0.15, 0.2) is 0 Å².